The third-order valence-electron chi connectivity index (χ3n) is 4.99. The highest BCUT2D eigenvalue weighted by Crippen LogP contribution is 2.28. The lowest BCUT2D eigenvalue weighted by atomic mass is 9.84. The van der Waals surface area contributed by atoms with Crippen molar-refractivity contribution in [2.75, 3.05) is 24.6 Å². The molecule has 5 heteroatoms. The SMILES string of the molecule is CC(NCC1(O)CCCCC1)c1ccc(N2CCOC2=O)cc1. The average molecular weight is 318 g/mol. The Labute approximate surface area is 137 Å². The molecular formula is C18H26N2O3. The molecule has 1 aromatic rings. The van der Waals surface area contributed by atoms with Gasteiger partial charge in [-0.05, 0) is 37.5 Å². The molecule has 1 aromatic carbocycles. The minimum atomic E-state index is -0.550. The summed E-state index contributed by atoms with van der Waals surface area (Å²) in [6, 6.07) is 8.14. The summed E-state index contributed by atoms with van der Waals surface area (Å²) in [6.07, 6.45) is 4.98. The van der Waals surface area contributed by atoms with Gasteiger partial charge < -0.3 is 15.2 Å². The Kier molecular flexibility index (Phi) is 4.87. The van der Waals surface area contributed by atoms with Crippen molar-refractivity contribution >= 4 is 11.8 Å². The molecule has 5 nitrogen and oxygen atoms in total. The smallest absolute Gasteiger partial charge is 0.414 e. The fourth-order valence-corrected chi connectivity index (χ4v) is 3.42. The van der Waals surface area contributed by atoms with Crippen LogP contribution in [0.4, 0.5) is 10.5 Å². The molecule has 0 radical (unpaired) electrons. The summed E-state index contributed by atoms with van der Waals surface area (Å²) in [5.41, 5.74) is 1.47. The zero-order valence-corrected chi connectivity index (χ0v) is 13.8. The van der Waals surface area contributed by atoms with E-state index in [2.05, 4.69) is 12.2 Å². The summed E-state index contributed by atoms with van der Waals surface area (Å²) < 4.78 is 4.96. The predicted octanol–water partition coefficient (Wildman–Crippen LogP) is 2.99. The highest BCUT2D eigenvalue weighted by molar-refractivity contribution is 5.89. The van der Waals surface area contributed by atoms with E-state index in [9.17, 15) is 9.90 Å². The van der Waals surface area contributed by atoms with E-state index >= 15 is 0 Å². The Balaban J connectivity index is 1.57. The van der Waals surface area contributed by atoms with E-state index in [1.54, 1.807) is 4.90 Å². The van der Waals surface area contributed by atoms with Crippen molar-refractivity contribution in [3.8, 4) is 0 Å². The van der Waals surface area contributed by atoms with Gasteiger partial charge >= 0.3 is 6.09 Å². The van der Waals surface area contributed by atoms with Crippen LogP contribution in [0.1, 0.15) is 50.6 Å². The standard InChI is InChI=1S/C18H26N2O3/c1-14(19-13-18(22)9-3-2-4-10-18)15-5-7-16(8-6-15)20-11-12-23-17(20)21/h5-8,14,19,22H,2-4,9-13H2,1H3. The minimum Gasteiger partial charge on any atom is -0.447 e. The zero-order valence-electron chi connectivity index (χ0n) is 13.8. The molecule has 23 heavy (non-hydrogen) atoms. The van der Waals surface area contributed by atoms with Crippen LogP contribution in [0.25, 0.3) is 0 Å². The Morgan fingerprint density at radius 1 is 1.26 bits per heavy atom. The van der Waals surface area contributed by atoms with Crippen molar-refractivity contribution in [1.82, 2.24) is 5.32 Å². The van der Waals surface area contributed by atoms with Gasteiger partial charge in [0.05, 0.1) is 12.1 Å². The molecule has 0 bridgehead atoms. The number of nitrogens with zero attached hydrogens (tertiary/aromatic N) is 1. The summed E-state index contributed by atoms with van der Waals surface area (Å²) in [6.45, 7) is 3.80. The molecule has 1 aliphatic carbocycles. The highest BCUT2D eigenvalue weighted by atomic mass is 16.6. The minimum absolute atomic E-state index is 0.167. The number of nitrogens with one attached hydrogen (secondary N) is 1. The summed E-state index contributed by atoms with van der Waals surface area (Å²) in [5, 5.41) is 14.0. The summed E-state index contributed by atoms with van der Waals surface area (Å²) >= 11 is 0. The molecule has 1 unspecified atom stereocenters. The van der Waals surface area contributed by atoms with Gasteiger partial charge in [-0.15, -0.1) is 0 Å². The van der Waals surface area contributed by atoms with Crippen molar-refractivity contribution in [3.63, 3.8) is 0 Å². The highest BCUT2D eigenvalue weighted by Gasteiger charge is 2.29. The van der Waals surface area contributed by atoms with Gasteiger partial charge in [-0.3, -0.25) is 4.90 Å². The van der Waals surface area contributed by atoms with Crippen LogP contribution < -0.4 is 10.2 Å². The third-order valence-corrected chi connectivity index (χ3v) is 4.99. The van der Waals surface area contributed by atoms with E-state index in [1.807, 2.05) is 24.3 Å². The Hall–Kier alpha value is -1.59. The lowest BCUT2D eigenvalue weighted by Gasteiger charge is -2.33. The lowest BCUT2D eigenvalue weighted by molar-refractivity contribution is 0.00300. The largest absolute Gasteiger partial charge is 0.447 e. The molecule has 1 heterocycles. The van der Waals surface area contributed by atoms with Crippen LogP contribution in [-0.2, 0) is 4.74 Å². The van der Waals surface area contributed by atoms with Crippen molar-refractivity contribution in [1.29, 1.82) is 0 Å². The van der Waals surface area contributed by atoms with Gasteiger partial charge in [0, 0.05) is 18.3 Å². The molecule has 2 fully saturated rings. The Morgan fingerprint density at radius 3 is 2.57 bits per heavy atom. The Morgan fingerprint density at radius 2 is 1.96 bits per heavy atom. The van der Waals surface area contributed by atoms with Gasteiger partial charge in [0.2, 0.25) is 0 Å². The molecule has 1 saturated carbocycles. The maximum Gasteiger partial charge on any atom is 0.414 e. The molecule has 126 valence electrons. The van der Waals surface area contributed by atoms with Gasteiger partial charge in [-0.2, -0.15) is 0 Å². The molecule has 3 rings (SSSR count). The van der Waals surface area contributed by atoms with Crippen LogP contribution in [0.15, 0.2) is 24.3 Å². The molecule has 1 aliphatic heterocycles. The van der Waals surface area contributed by atoms with E-state index in [1.165, 1.54) is 6.42 Å². The van der Waals surface area contributed by atoms with Crippen LogP contribution >= 0.6 is 0 Å². The fraction of sp³-hybridized carbons (Fsp3) is 0.611. The topological polar surface area (TPSA) is 61.8 Å². The van der Waals surface area contributed by atoms with Crippen molar-refractivity contribution in [2.45, 2.75) is 50.7 Å². The number of ether oxygens (including phenoxy) is 1. The van der Waals surface area contributed by atoms with Gasteiger partial charge in [0.15, 0.2) is 0 Å². The van der Waals surface area contributed by atoms with E-state index in [0.29, 0.717) is 19.7 Å². The number of hydrogen-bond donors (Lipinski definition) is 2. The first kappa shape index (κ1) is 16.3. The first-order valence-corrected chi connectivity index (χ1v) is 8.57. The van der Waals surface area contributed by atoms with Crippen molar-refractivity contribution in [3.05, 3.63) is 29.8 Å². The second-order valence-electron chi connectivity index (χ2n) is 6.75. The fourth-order valence-electron chi connectivity index (χ4n) is 3.42. The molecule has 2 aliphatic rings. The Bertz CT molecular complexity index is 538. The number of benzene rings is 1. The van der Waals surface area contributed by atoms with Crippen molar-refractivity contribution < 1.29 is 14.6 Å². The number of rotatable bonds is 5. The number of carbonyl (C=O) groups excluding carboxylic acids is 1. The molecule has 2 N–H and O–H groups in total. The quantitative estimate of drug-likeness (QED) is 0.876. The second kappa shape index (κ2) is 6.89. The van der Waals surface area contributed by atoms with Crippen LogP contribution in [-0.4, -0.2) is 36.5 Å². The van der Waals surface area contributed by atoms with Crippen LogP contribution in [0, 0.1) is 0 Å². The number of cyclic esters (lactones) is 1. The normalized spacial score (nSPS) is 22.0. The van der Waals surface area contributed by atoms with Gasteiger partial charge in [0.1, 0.15) is 6.61 Å². The monoisotopic (exact) mass is 318 g/mol. The first-order valence-electron chi connectivity index (χ1n) is 8.57. The molecule has 0 aromatic heterocycles. The van der Waals surface area contributed by atoms with Crippen molar-refractivity contribution in [2.24, 2.45) is 0 Å². The molecule has 1 atom stereocenters. The molecule has 1 saturated heterocycles. The third kappa shape index (κ3) is 3.85. The van der Waals surface area contributed by atoms with Gasteiger partial charge in [-0.1, -0.05) is 31.4 Å². The predicted molar refractivity (Wildman–Crippen MR) is 89.6 cm³/mol. The molecular weight excluding hydrogens is 292 g/mol. The maximum absolute atomic E-state index is 11.6. The van der Waals surface area contributed by atoms with E-state index in [0.717, 1.165) is 36.9 Å². The van der Waals surface area contributed by atoms with E-state index in [4.69, 9.17) is 4.74 Å². The summed E-state index contributed by atoms with van der Waals surface area (Å²) in [4.78, 5) is 13.2. The van der Waals surface area contributed by atoms with E-state index in [-0.39, 0.29) is 12.1 Å². The molecule has 0 spiro atoms. The number of aliphatic hydroxyl groups is 1. The second-order valence-corrected chi connectivity index (χ2v) is 6.75. The maximum atomic E-state index is 11.6. The molecule has 1 amide bonds. The summed E-state index contributed by atoms with van der Waals surface area (Å²) in [7, 11) is 0. The lowest BCUT2D eigenvalue weighted by Crippen LogP contribution is -2.42. The zero-order chi connectivity index (χ0) is 16.3. The number of hydrogen-bond acceptors (Lipinski definition) is 4. The number of amides is 1. The van der Waals surface area contributed by atoms with E-state index < -0.39 is 5.60 Å². The van der Waals surface area contributed by atoms with Crippen LogP contribution in [0.2, 0.25) is 0 Å². The number of anilines is 1. The first-order chi connectivity index (χ1) is 11.1. The van der Waals surface area contributed by atoms with Crippen LogP contribution in [0.3, 0.4) is 0 Å². The van der Waals surface area contributed by atoms with Crippen LogP contribution in [0.5, 0.6) is 0 Å². The van der Waals surface area contributed by atoms with Gasteiger partial charge in [-0.25, -0.2) is 4.79 Å². The average Bonchev–Trinajstić information content (AvgIpc) is 3.00. The summed E-state index contributed by atoms with van der Waals surface area (Å²) in [5.74, 6) is 0. The number of carbonyl (C=O) groups is 1. The van der Waals surface area contributed by atoms with Gasteiger partial charge in [0.25, 0.3) is 0 Å².